The van der Waals surface area contributed by atoms with Crippen molar-refractivity contribution in [3.05, 3.63) is 0 Å². The Morgan fingerprint density at radius 3 is 2.74 bits per heavy atom. The molecule has 0 saturated carbocycles. The molecule has 5 heteroatoms. The van der Waals surface area contributed by atoms with E-state index in [1.54, 1.807) is 11.9 Å². The Bertz CT molecular complexity index is 289. The molecule has 0 aromatic rings. The number of hydrogen-bond donors (Lipinski definition) is 1. The van der Waals surface area contributed by atoms with Crippen molar-refractivity contribution in [1.82, 2.24) is 10.2 Å². The molecular formula is C14H28N2O3. The molecule has 1 heterocycles. The van der Waals surface area contributed by atoms with Gasteiger partial charge < -0.3 is 19.7 Å². The van der Waals surface area contributed by atoms with E-state index in [0.29, 0.717) is 18.7 Å². The molecule has 2 unspecified atom stereocenters. The summed E-state index contributed by atoms with van der Waals surface area (Å²) in [5, 5.41) is 3.47. The SMILES string of the molecule is CC1CC(NCCN(C)C(=O)OC(C)(C)C)CCO1. The van der Waals surface area contributed by atoms with Crippen LogP contribution >= 0.6 is 0 Å². The van der Waals surface area contributed by atoms with Gasteiger partial charge in [-0.25, -0.2) is 4.79 Å². The van der Waals surface area contributed by atoms with E-state index in [9.17, 15) is 4.79 Å². The quantitative estimate of drug-likeness (QED) is 0.850. The summed E-state index contributed by atoms with van der Waals surface area (Å²) in [4.78, 5) is 13.4. The second kappa shape index (κ2) is 7.10. The summed E-state index contributed by atoms with van der Waals surface area (Å²) in [6.45, 7) is 9.98. The monoisotopic (exact) mass is 272 g/mol. The fraction of sp³-hybridized carbons (Fsp3) is 0.929. The number of nitrogens with one attached hydrogen (secondary N) is 1. The third-order valence-electron chi connectivity index (χ3n) is 3.07. The maximum absolute atomic E-state index is 11.7. The Balaban J connectivity index is 2.19. The fourth-order valence-electron chi connectivity index (χ4n) is 2.05. The third-order valence-corrected chi connectivity index (χ3v) is 3.07. The van der Waals surface area contributed by atoms with Gasteiger partial charge >= 0.3 is 6.09 Å². The molecule has 1 N–H and O–H groups in total. The molecule has 0 aromatic carbocycles. The van der Waals surface area contributed by atoms with Crippen molar-refractivity contribution in [1.29, 1.82) is 0 Å². The standard InChI is InChI=1S/C14H28N2O3/c1-11-10-12(6-9-18-11)15-7-8-16(5)13(17)19-14(2,3)4/h11-12,15H,6-10H2,1-5H3. The Labute approximate surface area is 116 Å². The van der Waals surface area contributed by atoms with Crippen LogP contribution in [0.4, 0.5) is 4.79 Å². The van der Waals surface area contributed by atoms with Crippen LogP contribution in [0.1, 0.15) is 40.5 Å². The molecule has 1 fully saturated rings. The van der Waals surface area contributed by atoms with E-state index in [1.807, 2.05) is 20.8 Å². The molecule has 1 aliphatic heterocycles. The first-order chi connectivity index (χ1) is 8.78. The van der Waals surface area contributed by atoms with Gasteiger partial charge in [0, 0.05) is 32.8 Å². The topological polar surface area (TPSA) is 50.8 Å². The highest BCUT2D eigenvalue weighted by atomic mass is 16.6. The number of carbonyl (C=O) groups excluding carboxylic acids is 1. The minimum atomic E-state index is -0.436. The fourth-order valence-corrected chi connectivity index (χ4v) is 2.05. The van der Waals surface area contributed by atoms with Crippen molar-refractivity contribution in [3.8, 4) is 0 Å². The molecule has 5 nitrogen and oxygen atoms in total. The molecule has 1 rings (SSSR count). The Kier molecular flexibility index (Phi) is 6.07. The second-order valence-corrected chi connectivity index (χ2v) is 6.26. The van der Waals surface area contributed by atoms with E-state index in [-0.39, 0.29) is 6.09 Å². The van der Waals surface area contributed by atoms with Gasteiger partial charge in [-0.2, -0.15) is 0 Å². The van der Waals surface area contributed by atoms with Crippen LogP contribution in [0.3, 0.4) is 0 Å². The first-order valence-electron chi connectivity index (χ1n) is 7.07. The molecule has 2 atom stereocenters. The van der Waals surface area contributed by atoms with Gasteiger partial charge in [-0.05, 0) is 40.5 Å². The lowest BCUT2D eigenvalue weighted by Crippen LogP contribution is -2.43. The minimum absolute atomic E-state index is 0.269. The molecule has 0 spiro atoms. The van der Waals surface area contributed by atoms with Crippen molar-refractivity contribution < 1.29 is 14.3 Å². The van der Waals surface area contributed by atoms with Gasteiger partial charge in [0.1, 0.15) is 5.60 Å². The maximum Gasteiger partial charge on any atom is 0.410 e. The van der Waals surface area contributed by atoms with Gasteiger partial charge in [-0.15, -0.1) is 0 Å². The van der Waals surface area contributed by atoms with Gasteiger partial charge in [0.15, 0.2) is 0 Å². The highest BCUT2D eigenvalue weighted by Gasteiger charge is 2.21. The van der Waals surface area contributed by atoms with Gasteiger partial charge in [0.2, 0.25) is 0 Å². The van der Waals surface area contributed by atoms with E-state index < -0.39 is 5.60 Å². The zero-order chi connectivity index (χ0) is 14.5. The van der Waals surface area contributed by atoms with Crippen LogP contribution in [0.25, 0.3) is 0 Å². The summed E-state index contributed by atoms with van der Waals surface area (Å²) in [6, 6.07) is 0.496. The minimum Gasteiger partial charge on any atom is -0.444 e. The molecule has 1 saturated heterocycles. The summed E-state index contributed by atoms with van der Waals surface area (Å²) >= 11 is 0. The second-order valence-electron chi connectivity index (χ2n) is 6.26. The van der Waals surface area contributed by atoms with Crippen molar-refractivity contribution in [2.24, 2.45) is 0 Å². The van der Waals surface area contributed by atoms with Crippen molar-refractivity contribution >= 4 is 6.09 Å². The highest BCUT2D eigenvalue weighted by molar-refractivity contribution is 5.67. The zero-order valence-corrected chi connectivity index (χ0v) is 12.9. The molecule has 1 aliphatic rings. The number of carbonyl (C=O) groups is 1. The van der Waals surface area contributed by atoms with Crippen molar-refractivity contribution in [2.45, 2.75) is 58.3 Å². The van der Waals surface area contributed by atoms with Crippen LogP contribution in [0.5, 0.6) is 0 Å². The summed E-state index contributed by atoms with van der Waals surface area (Å²) in [5.41, 5.74) is -0.436. The lowest BCUT2D eigenvalue weighted by molar-refractivity contribution is 0.0119. The van der Waals surface area contributed by atoms with E-state index in [0.717, 1.165) is 26.0 Å². The van der Waals surface area contributed by atoms with Gasteiger partial charge in [0.25, 0.3) is 0 Å². The number of hydrogen-bond acceptors (Lipinski definition) is 4. The van der Waals surface area contributed by atoms with E-state index in [2.05, 4.69) is 12.2 Å². The number of likely N-dealkylation sites (N-methyl/N-ethyl adjacent to an activating group) is 1. The Morgan fingerprint density at radius 2 is 2.16 bits per heavy atom. The molecule has 19 heavy (non-hydrogen) atoms. The number of rotatable bonds is 4. The van der Waals surface area contributed by atoms with Gasteiger partial charge in [-0.1, -0.05) is 0 Å². The predicted molar refractivity (Wildman–Crippen MR) is 75.3 cm³/mol. The normalized spacial score (nSPS) is 24.1. The Hall–Kier alpha value is -0.810. The smallest absolute Gasteiger partial charge is 0.410 e. The lowest BCUT2D eigenvalue weighted by Gasteiger charge is -2.29. The Morgan fingerprint density at radius 1 is 1.47 bits per heavy atom. The third kappa shape index (κ3) is 6.78. The van der Waals surface area contributed by atoms with Crippen LogP contribution < -0.4 is 5.32 Å². The highest BCUT2D eigenvalue weighted by Crippen LogP contribution is 2.13. The number of nitrogens with zero attached hydrogens (tertiary/aromatic N) is 1. The van der Waals surface area contributed by atoms with E-state index >= 15 is 0 Å². The molecule has 1 amide bonds. The van der Waals surface area contributed by atoms with E-state index in [4.69, 9.17) is 9.47 Å². The number of ether oxygens (including phenoxy) is 2. The summed E-state index contributed by atoms with van der Waals surface area (Å²) < 4.78 is 10.8. The average molecular weight is 272 g/mol. The van der Waals surface area contributed by atoms with Crippen molar-refractivity contribution in [3.63, 3.8) is 0 Å². The molecular weight excluding hydrogens is 244 g/mol. The molecule has 0 bridgehead atoms. The summed E-state index contributed by atoms with van der Waals surface area (Å²) in [7, 11) is 1.77. The first-order valence-corrected chi connectivity index (χ1v) is 7.07. The first kappa shape index (κ1) is 16.2. The molecule has 112 valence electrons. The molecule has 0 aromatic heterocycles. The van der Waals surface area contributed by atoms with Crippen LogP contribution in [-0.2, 0) is 9.47 Å². The zero-order valence-electron chi connectivity index (χ0n) is 12.9. The van der Waals surface area contributed by atoms with Gasteiger partial charge in [0.05, 0.1) is 6.10 Å². The summed E-state index contributed by atoms with van der Waals surface area (Å²) in [5.74, 6) is 0. The van der Waals surface area contributed by atoms with Crippen LogP contribution in [0.2, 0.25) is 0 Å². The van der Waals surface area contributed by atoms with Crippen LogP contribution in [0.15, 0.2) is 0 Å². The molecule has 0 radical (unpaired) electrons. The van der Waals surface area contributed by atoms with Crippen LogP contribution in [0, 0.1) is 0 Å². The maximum atomic E-state index is 11.7. The van der Waals surface area contributed by atoms with Gasteiger partial charge in [-0.3, -0.25) is 0 Å². The lowest BCUT2D eigenvalue weighted by atomic mass is 10.0. The van der Waals surface area contributed by atoms with Crippen molar-refractivity contribution in [2.75, 3.05) is 26.7 Å². The predicted octanol–water partition coefficient (Wildman–Crippen LogP) is 2.01. The summed E-state index contributed by atoms with van der Waals surface area (Å²) in [6.07, 6.45) is 2.14. The average Bonchev–Trinajstić information content (AvgIpc) is 2.26. The largest absolute Gasteiger partial charge is 0.444 e. The molecule has 0 aliphatic carbocycles. The van der Waals surface area contributed by atoms with Crippen LogP contribution in [-0.4, -0.2) is 55.5 Å². The number of amides is 1. The van der Waals surface area contributed by atoms with E-state index in [1.165, 1.54) is 0 Å².